The van der Waals surface area contributed by atoms with Gasteiger partial charge in [-0.15, -0.1) is 0 Å². The molecular weight excluding hydrogens is 312 g/mol. The van der Waals surface area contributed by atoms with Gasteiger partial charge in [-0.05, 0) is 25.1 Å². The van der Waals surface area contributed by atoms with Gasteiger partial charge in [0.1, 0.15) is 23.4 Å². The number of para-hydroxylation sites is 1. The van der Waals surface area contributed by atoms with Gasteiger partial charge < -0.3 is 24.9 Å². The van der Waals surface area contributed by atoms with Gasteiger partial charge in [0, 0.05) is 12.1 Å². The molecule has 0 aliphatic carbocycles. The zero-order chi connectivity index (χ0) is 17.5. The summed E-state index contributed by atoms with van der Waals surface area (Å²) in [6, 6.07) is 10.5. The second-order valence-electron chi connectivity index (χ2n) is 5.17. The Morgan fingerprint density at radius 2 is 1.88 bits per heavy atom. The van der Waals surface area contributed by atoms with Crippen LogP contribution in [0.15, 0.2) is 40.8 Å². The average Bonchev–Trinajstić information content (AvgIpc) is 3.03. The standard InChI is InChI=1S/C17H20N2O5/c1-11-7-8-15(24-11)13(20)10-19-17(22)16(21)18-9-12-5-3-4-6-14(12)23-2/h3-8,13,20H,9-10H2,1-2H3,(H,18,21)(H,19,22)/t13-/m1/s1. The summed E-state index contributed by atoms with van der Waals surface area (Å²) >= 11 is 0. The van der Waals surface area contributed by atoms with E-state index in [-0.39, 0.29) is 13.1 Å². The summed E-state index contributed by atoms with van der Waals surface area (Å²) in [6.07, 6.45) is -1.01. The first-order chi connectivity index (χ1) is 11.5. The molecule has 7 heteroatoms. The Bertz CT molecular complexity index is 711. The van der Waals surface area contributed by atoms with Crippen molar-refractivity contribution in [2.75, 3.05) is 13.7 Å². The molecule has 0 aliphatic heterocycles. The van der Waals surface area contributed by atoms with E-state index < -0.39 is 17.9 Å². The quantitative estimate of drug-likeness (QED) is 0.687. The lowest BCUT2D eigenvalue weighted by Gasteiger charge is -2.11. The zero-order valence-electron chi connectivity index (χ0n) is 13.5. The summed E-state index contributed by atoms with van der Waals surface area (Å²) in [7, 11) is 1.53. The highest BCUT2D eigenvalue weighted by molar-refractivity contribution is 6.35. The number of hydrogen-bond donors (Lipinski definition) is 3. The monoisotopic (exact) mass is 332 g/mol. The number of aliphatic hydroxyl groups excluding tert-OH is 1. The fourth-order valence-electron chi connectivity index (χ4n) is 2.11. The van der Waals surface area contributed by atoms with Gasteiger partial charge in [-0.25, -0.2) is 0 Å². The van der Waals surface area contributed by atoms with Crippen LogP contribution < -0.4 is 15.4 Å². The normalized spacial score (nSPS) is 11.6. The van der Waals surface area contributed by atoms with Gasteiger partial charge in [0.25, 0.3) is 0 Å². The Kier molecular flexibility index (Phi) is 5.97. The van der Waals surface area contributed by atoms with E-state index in [1.165, 1.54) is 7.11 Å². The van der Waals surface area contributed by atoms with E-state index in [4.69, 9.17) is 9.15 Å². The van der Waals surface area contributed by atoms with Crippen molar-refractivity contribution in [3.05, 3.63) is 53.5 Å². The molecule has 1 atom stereocenters. The van der Waals surface area contributed by atoms with Gasteiger partial charge in [0.05, 0.1) is 13.7 Å². The van der Waals surface area contributed by atoms with Crippen molar-refractivity contribution in [1.29, 1.82) is 0 Å². The van der Waals surface area contributed by atoms with E-state index in [1.807, 2.05) is 12.1 Å². The predicted octanol–water partition coefficient (Wildman–Crippen LogP) is 1.06. The van der Waals surface area contributed by atoms with Crippen LogP contribution in [-0.4, -0.2) is 30.6 Å². The lowest BCUT2D eigenvalue weighted by atomic mass is 10.2. The molecule has 1 heterocycles. The van der Waals surface area contributed by atoms with E-state index in [1.54, 1.807) is 31.2 Å². The molecule has 2 aromatic rings. The number of nitrogens with one attached hydrogen (secondary N) is 2. The summed E-state index contributed by atoms with van der Waals surface area (Å²) in [5.41, 5.74) is 0.757. The number of carbonyl (C=O) groups is 2. The number of rotatable bonds is 6. The fourth-order valence-corrected chi connectivity index (χ4v) is 2.11. The SMILES string of the molecule is COc1ccccc1CNC(=O)C(=O)NC[C@@H](O)c1ccc(C)o1. The van der Waals surface area contributed by atoms with Crippen molar-refractivity contribution in [3.8, 4) is 5.75 Å². The molecule has 0 fully saturated rings. The van der Waals surface area contributed by atoms with Gasteiger partial charge in [0.2, 0.25) is 0 Å². The van der Waals surface area contributed by atoms with Crippen LogP contribution in [0.25, 0.3) is 0 Å². The Morgan fingerprint density at radius 3 is 2.54 bits per heavy atom. The van der Waals surface area contributed by atoms with Crippen molar-refractivity contribution in [1.82, 2.24) is 10.6 Å². The van der Waals surface area contributed by atoms with Crippen molar-refractivity contribution >= 4 is 11.8 Å². The fraction of sp³-hybridized carbons (Fsp3) is 0.294. The maximum atomic E-state index is 11.8. The second kappa shape index (κ2) is 8.16. The minimum Gasteiger partial charge on any atom is -0.496 e. The number of aryl methyl sites for hydroxylation is 1. The summed E-state index contributed by atoms with van der Waals surface area (Å²) in [6.45, 7) is 1.80. The Balaban J connectivity index is 1.81. The van der Waals surface area contributed by atoms with Crippen LogP contribution in [0.2, 0.25) is 0 Å². The molecule has 24 heavy (non-hydrogen) atoms. The minimum atomic E-state index is -1.01. The van der Waals surface area contributed by atoms with E-state index in [0.717, 1.165) is 5.56 Å². The third-order valence-electron chi connectivity index (χ3n) is 3.38. The van der Waals surface area contributed by atoms with Crippen LogP contribution >= 0.6 is 0 Å². The topological polar surface area (TPSA) is 101 Å². The van der Waals surface area contributed by atoms with E-state index in [9.17, 15) is 14.7 Å². The first-order valence-corrected chi connectivity index (χ1v) is 7.43. The van der Waals surface area contributed by atoms with Crippen molar-refractivity contribution in [2.24, 2.45) is 0 Å². The highest BCUT2D eigenvalue weighted by atomic mass is 16.5. The Hall–Kier alpha value is -2.80. The van der Waals surface area contributed by atoms with Crippen LogP contribution in [0.3, 0.4) is 0 Å². The number of hydrogen-bond acceptors (Lipinski definition) is 5. The van der Waals surface area contributed by atoms with Crippen molar-refractivity contribution in [3.63, 3.8) is 0 Å². The number of ether oxygens (including phenoxy) is 1. The maximum Gasteiger partial charge on any atom is 0.309 e. The summed E-state index contributed by atoms with van der Waals surface area (Å²) in [5, 5.41) is 14.8. The van der Waals surface area contributed by atoms with E-state index >= 15 is 0 Å². The number of furan rings is 1. The molecule has 0 spiro atoms. The predicted molar refractivity (Wildman–Crippen MR) is 86.3 cm³/mol. The van der Waals surface area contributed by atoms with Gasteiger partial charge in [-0.3, -0.25) is 9.59 Å². The van der Waals surface area contributed by atoms with Gasteiger partial charge in [0.15, 0.2) is 0 Å². The lowest BCUT2D eigenvalue weighted by Crippen LogP contribution is -2.41. The summed E-state index contributed by atoms with van der Waals surface area (Å²) in [4.78, 5) is 23.6. The molecule has 1 aromatic carbocycles. The molecule has 128 valence electrons. The van der Waals surface area contributed by atoms with Crippen LogP contribution in [0.1, 0.15) is 23.2 Å². The molecular formula is C17H20N2O5. The average molecular weight is 332 g/mol. The van der Waals surface area contributed by atoms with Gasteiger partial charge >= 0.3 is 11.8 Å². The van der Waals surface area contributed by atoms with Crippen molar-refractivity contribution < 1.29 is 23.8 Å². The molecule has 0 bridgehead atoms. The molecule has 0 unspecified atom stereocenters. The largest absolute Gasteiger partial charge is 0.496 e. The molecule has 2 rings (SSSR count). The molecule has 0 aliphatic rings. The van der Waals surface area contributed by atoms with E-state index in [0.29, 0.717) is 17.3 Å². The third kappa shape index (κ3) is 4.60. The number of methoxy groups -OCH3 is 1. The minimum absolute atomic E-state index is 0.117. The smallest absolute Gasteiger partial charge is 0.309 e. The Morgan fingerprint density at radius 1 is 1.17 bits per heavy atom. The number of amides is 2. The second-order valence-corrected chi connectivity index (χ2v) is 5.17. The molecule has 0 saturated carbocycles. The van der Waals surface area contributed by atoms with Crippen LogP contribution in [0.5, 0.6) is 5.75 Å². The zero-order valence-corrected chi connectivity index (χ0v) is 13.5. The number of carbonyl (C=O) groups excluding carboxylic acids is 2. The highest BCUT2D eigenvalue weighted by Crippen LogP contribution is 2.17. The van der Waals surface area contributed by atoms with Crippen LogP contribution in [-0.2, 0) is 16.1 Å². The number of aliphatic hydroxyl groups is 1. The molecule has 0 saturated heterocycles. The first kappa shape index (κ1) is 17.6. The van der Waals surface area contributed by atoms with E-state index in [2.05, 4.69) is 10.6 Å². The van der Waals surface area contributed by atoms with Gasteiger partial charge in [-0.1, -0.05) is 18.2 Å². The summed E-state index contributed by atoms with van der Waals surface area (Å²) in [5.74, 6) is 0.00457. The highest BCUT2D eigenvalue weighted by Gasteiger charge is 2.17. The Labute approximate surface area is 139 Å². The lowest BCUT2D eigenvalue weighted by molar-refractivity contribution is -0.139. The first-order valence-electron chi connectivity index (χ1n) is 7.43. The summed E-state index contributed by atoms with van der Waals surface area (Å²) < 4.78 is 10.4. The molecule has 1 aromatic heterocycles. The molecule has 2 amide bonds. The van der Waals surface area contributed by atoms with Crippen LogP contribution in [0.4, 0.5) is 0 Å². The van der Waals surface area contributed by atoms with Gasteiger partial charge in [-0.2, -0.15) is 0 Å². The molecule has 3 N–H and O–H groups in total. The van der Waals surface area contributed by atoms with Crippen molar-refractivity contribution in [2.45, 2.75) is 19.6 Å². The molecule has 7 nitrogen and oxygen atoms in total. The number of benzene rings is 1. The van der Waals surface area contributed by atoms with Crippen LogP contribution in [0, 0.1) is 6.92 Å². The molecule has 0 radical (unpaired) electrons. The third-order valence-corrected chi connectivity index (χ3v) is 3.38. The maximum absolute atomic E-state index is 11.8.